The molecule has 0 unspecified atom stereocenters. The van der Waals surface area contributed by atoms with Crippen LogP contribution in [0, 0.1) is 5.39 Å². The number of aromatic nitrogens is 4. The summed E-state index contributed by atoms with van der Waals surface area (Å²) in [5, 5.41) is 8.44. The fraction of sp³-hybridized carbons (Fsp3) is 0. The van der Waals surface area contributed by atoms with E-state index in [1.54, 1.807) is 0 Å². The summed E-state index contributed by atoms with van der Waals surface area (Å²) in [4.78, 5) is 17.1. The van der Waals surface area contributed by atoms with E-state index < -0.39 is 0 Å². The number of H-pyrrole nitrogens is 1. The molecule has 0 bridgehead atoms. The van der Waals surface area contributed by atoms with Crippen molar-refractivity contribution in [2.75, 3.05) is 0 Å². The maximum absolute atomic E-state index is 8.44. The summed E-state index contributed by atoms with van der Waals surface area (Å²) in [5.41, 5.74) is 1.03. The van der Waals surface area contributed by atoms with Gasteiger partial charge in [0.25, 0.3) is 0 Å². The zero-order chi connectivity index (χ0) is 7.68. The van der Waals surface area contributed by atoms with Gasteiger partial charge in [0.2, 0.25) is 11.8 Å². The van der Waals surface area contributed by atoms with Gasteiger partial charge in [-0.15, -0.1) is 0 Å². The standard InChI is InChI=1S/C5H3N6/c6-11-5-3-4(8-1-7-3)9-2-10-5/h1-2H,(H,7,8,9,10)/q+1. The average molecular weight is 147 g/mol. The molecule has 11 heavy (non-hydrogen) atoms. The topological polar surface area (TPSA) is 82.6 Å². The number of nitrogens with zero attached hydrogens (tertiary/aromatic N) is 5. The zero-order valence-corrected chi connectivity index (χ0v) is 5.39. The third-order valence-corrected chi connectivity index (χ3v) is 1.30. The van der Waals surface area contributed by atoms with Crippen molar-refractivity contribution in [3.8, 4) is 0 Å². The third-order valence-electron chi connectivity index (χ3n) is 1.30. The van der Waals surface area contributed by atoms with Crippen molar-refractivity contribution in [3.63, 3.8) is 0 Å². The molecule has 0 radical (unpaired) electrons. The summed E-state index contributed by atoms with van der Waals surface area (Å²) < 4.78 is 0. The van der Waals surface area contributed by atoms with Crippen LogP contribution in [0.25, 0.3) is 16.1 Å². The lowest BCUT2D eigenvalue weighted by Gasteiger charge is -1.76. The van der Waals surface area contributed by atoms with Crippen LogP contribution in [0.4, 0.5) is 5.82 Å². The van der Waals surface area contributed by atoms with Crippen LogP contribution in [0.3, 0.4) is 0 Å². The monoisotopic (exact) mass is 147 g/mol. The quantitative estimate of drug-likeness (QED) is 0.559. The molecule has 0 aliphatic rings. The zero-order valence-electron chi connectivity index (χ0n) is 5.39. The molecule has 0 aliphatic heterocycles. The molecule has 0 spiro atoms. The highest BCUT2D eigenvalue weighted by Gasteiger charge is 2.14. The van der Waals surface area contributed by atoms with Gasteiger partial charge in [-0.25, -0.2) is 4.98 Å². The first-order valence-corrected chi connectivity index (χ1v) is 2.91. The Bertz CT molecular complexity index is 424. The van der Waals surface area contributed by atoms with Gasteiger partial charge in [-0.1, -0.05) is 0 Å². The van der Waals surface area contributed by atoms with Crippen LogP contribution in [0.15, 0.2) is 12.7 Å². The number of diazo groups is 1. The number of aromatic amines is 1. The minimum absolute atomic E-state index is 0.201. The Hall–Kier alpha value is -2.03. The van der Waals surface area contributed by atoms with Crippen molar-refractivity contribution in [3.05, 3.63) is 17.6 Å². The second kappa shape index (κ2) is 1.98. The van der Waals surface area contributed by atoms with E-state index in [1.807, 2.05) is 0 Å². The maximum atomic E-state index is 8.44. The minimum atomic E-state index is 0.201. The highest BCUT2D eigenvalue weighted by Crippen LogP contribution is 2.16. The number of nitrogens with one attached hydrogen (secondary N) is 1. The van der Waals surface area contributed by atoms with Crippen molar-refractivity contribution in [2.24, 2.45) is 0 Å². The predicted molar refractivity (Wildman–Crippen MR) is 36.4 cm³/mol. The van der Waals surface area contributed by atoms with Gasteiger partial charge in [0.15, 0.2) is 5.65 Å². The number of fused-ring (bicyclic) bond motifs is 1. The number of rotatable bonds is 0. The molecular formula is C5H3N6+. The Morgan fingerprint density at radius 2 is 2.27 bits per heavy atom. The van der Waals surface area contributed by atoms with E-state index in [4.69, 9.17) is 5.39 Å². The van der Waals surface area contributed by atoms with Crippen LogP contribution in [0.2, 0.25) is 0 Å². The normalized spacial score (nSPS) is 9.73. The molecule has 1 N–H and O–H groups in total. The van der Waals surface area contributed by atoms with Gasteiger partial charge < -0.3 is 4.98 Å². The third kappa shape index (κ3) is 0.712. The summed E-state index contributed by atoms with van der Waals surface area (Å²) in [6.45, 7) is 0. The van der Waals surface area contributed by atoms with Crippen LogP contribution >= 0.6 is 0 Å². The Morgan fingerprint density at radius 3 is 3.09 bits per heavy atom. The molecule has 2 aromatic rings. The molecule has 2 aromatic heterocycles. The fourth-order valence-electron chi connectivity index (χ4n) is 0.828. The molecule has 0 saturated carbocycles. The van der Waals surface area contributed by atoms with Gasteiger partial charge in [0.1, 0.15) is 0 Å². The fourth-order valence-corrected chi connectivity index (χ4v) is 0.828. The Labute approximate surface area is 60.9 Å². The van der Waals surface area contributed by atoms with E-state index >= 15 is 0 Å². The molecule has 6 heteroatoms. The molecule has 0 amide bonds. The Balaban J connectivity index is 2.92. The van der Waals surface area contributed by atoms with Crippen LogP contribution in [0.1, 0.15) is 0 Å². The minimum Gasteiger partial charge on any atom is -0.335 e. The Kier molecular flexibility index (Phi) is 1.03. The largest absolute Gasteiger partial charge is 0.493 e. The average Bonchev–Trinajstić information content (AvgIpc) is 2.50. The number of hydrogen-bond acceptors (Lipinski definition) is 4. The van der Waals surface area contributed by atoms with Gasteiger partial charge in [-0.3, -0.25) is 0 Å². The SMILES string of the molecule is N#[N+]c1ncnc2nc[nH]c12. The second-order valence-electron chi connectivity index (χ2n) is 1.90. The lowest BCUT2D eigenvalue weighted by atomic mass is 10.5. The summed E-state index contributed by atoms with van der Waals surface area (Å²) in [6, 6.07) is 0. The molecular weight excluding hydrogens is 144 g/mol. The lowest BCUT2D eigenvalue weighted by molar-refractivity contribution is 1.20. The molecule has 2 heterocycles. The highest BCUT2D eigenvalue weighted by molar-refractivity contribution is 5.82. The summed E-state index contributed by atoms with van der Waals surface area (Å²) in [5.74, 6) is 0.201. The lowest BCUT2D eigenvalue weighted by Crippen LogP contribution is -1.79. The van der Waals surface area contributed by atoms with Crippen molar-refractivity contribution in [2.45, 2.75) is 0 Å². The van der Waals surface area contributed by atoms with Gasteiger partial charge in [0, 0.05) is 4.98 Å². The van der Waals surface area contributed by atoms with Gasteiger partial charge in [-0.05, 0) is 4.98 Å². The van der Waals surface area contributed by atoms with Crippen LogP contribution in [-0.2, 0) is 0 Å². The predicted octanol–water partition coefficient (Wildman–Crippen LogP) is 0.837. The first-order chi connectivity index (χ1) is 5.42. The summed E-state index contributed by atoms with van der Waals surface area (Å²) >= 11 is 0. The molecule has 2 rings (SSSR count). The second-order valence-corrected chi connectivity index (χ2v) is 1.90. The van der Waals surface area contributed by atoms with Crippen molar-refractivity contribution in [1.29, 1.82) is 5.39 Å². The molecule has 0 fully saturated rings. The maximum Gasteiger partial charge on any atom is 0.493 e. The van der Waals surface area contributed by atoms with Crippen molar-refractivity contribution >= 4 is 17.0 Å². The van der Waals surface area contributed by atoms with Gasteiger partial charge in [0.05, 0.1) is 11.7 Å². The highest BCUT2D eigenvalue weighted by atomic mass is 15.1. The van der Waals surface area contributed by atoms with Crippen LogP contribution < -0.4 is 0 Å². The van der Waals surface area contributed by atoms with E-state index in [0.717, 1.165) is 0 Å². The number of imidazole rings is 1. The summed E-state index contributed by atoms with van der Waals surface area (Å²) in [7, 11) is 0. The van der Waals surface area contributed by atoms with Crippen molar-refractivity contribution in [1.82, 2.24) is 19.9 Å². The molecule has 0 atom stereocenters. The van der Waals surface area contributed by atoms with E-state index in [9.17, 15) is 0 Å². The van der Waals surface area contributed by atoms with Gasteiger partial charge >= 0.3 is 5.82 Å². The van der Waals surface area contributed by atoms with E-state index in [-0.39, 0.29) is 5.82 Å². The van der Waals surface area contributed by atoms with E-state index in [2.05, 4.69) is 24.9 Å². The summed E-state index contributed by atoms with van der Waals surface area (Å²) in [6.07, 6.45) is 2.76. The molecule has 0 aromatic carbocycles. The van der Waals surface area contributed by atoms with Crippen LogP contribution in [-0.4, -0.2) is 19.9 Å². The van der Waals surface area contributed by atoms with Crippen LogP contribution in [0.5, 0.6) is 0 Å². The number of hydrogen-bond donors (Lipinski definition) is 1. The first kappa shape index (κ1) is 5.73. The first-order valence-electron chi connectivity index (χ1n) is 2.91. The van der Waals surface area contributed by atoms with Crippen molar-refractivity contribution < 1.29 is 0 Å². The molecule has 0 aliphatic carbocycles. The molecule has 6 nitrogen and oxygen atoms in total. The molecule has 52 valence electrons. The van der Waals surface area contributed by atoms with E-state index in [1.165, 1.54) is 12.7 Å². The van der Waals surface area contributed by atoms with E-state index in [0.29, 0.717) is 11.2 Å². The molecule has 0 saturated heterocycles. The van der Waals surface area contributed by atoms with Gasteiger partial charge in [-0.2, -0.15) is 4.98 Å². The Morgan fingerprint density at radius 1 is 1.36 bits per heavy atom. The smallest absolute Gasteiger partial charge is 0.335 e.